The number of benzene rings is 2. The molecular formula is C26H38ClN3O4P+. The van der Waals surface area contributed by atoms with E-state index < -0.39 is 19.4 Å². The van der Waals surface area contributed by atoms with Gasteiger partial charge in [0.2, 0.25) is 17.9 Å². The molecule has 2 amide bonds. The number of hydrogen-bond acceptors (Lipinski definition) is 5. The molecule has 35 heavy (non-hydrogen) atoms. The summed E-state index contributed by atoms with van der Waals surface area (Å²) in [5.74, 6) is -0.682. The van der Waals surface area contributed by atoms with Gasteiger partial charge in [-0.25, -0.2) is 0 Å². The van der Waals surface area contributed by atoms with Gasteiger partial charge in [-0.1, -0.05) is 66.9 Å². The molecule has 0 aliphatic rings. The van der Waals surface area contributed by atoms with Gasteiger partial charge in [0.1, 0.15) is 0 Å². The van der Waals surface area contributed by atoms with E-state index in [9.17, 15) is 14.2 Å². The molecule has 0 fully saturated rings. The van der Waals surface area contributed by atoms with Crippen LogP contribution in [0.5, 0.6) is 0 Å². The number of methoxy groups -OCH3 is 1. The molecule has 1 unspecified atom stereocenters. The van der Waals surface area contributed by atoms with Crippen LogP contribution in [0.3, 0.4) is 0 Å². The molecule has 0 spiro atoms. The fourth-order valence-corrected chi connectivity index (χ4v) is 5.04. The molecule has 3 N–H and O–H groups in total. The third-order valence-corrected chi connectivity index (χ3v) is 6.88. The SMILES string of the molecule is CO[C@](CC(C)C)(C(=O)Nc1ccccc1)N(C[P+](=O)CCN)C(=O)CCCc1ccccc1.Cl. The quantitative estimate of drug-likeness (QED) is 0.267. The van der Waals surface area contributed by atoms with Gasteiger partial charge in [0.05, 0.1) is 0 Å². The maximum atomic E-state index is 13.6. The van der Waals surface area contributed by atoms with E-state index in [0.717, 1.165) is 12.0 Å². The van der Waals surface area contributed by atoms with Crippen LogP contribution in [0.25, 0.3) is 0 Å². The number of nitrogens with two attached hydrogens (primary N) is 1. The highest BCUT2D eigenvalue weighted by molar-refractivity contribution is 7.44. The highest BCUT2D eigenvalue weighted by Gasteiger charge is 2.50. The lowest BCUT2D eigenvalue weighted by molar-refractivity contribution is -0.179. The lowest BCUT2D eigenvalue weighted by Gasteiger charge is -2.40. The normalized spacial score (nSPS) is 12.9. The molecule has 2 atom stereocenters. The second-order valence-corrected chi connectivity index (χ2v) is 10.4. The maximum Gasteiger partial charge on any atom is 0.361 e. The molecule has 2 aromatic carbocycles. The molecule has 0 saturated carbocycles. The summed E-state index contributed by atoms with van der Waals surface area (Å²) in [6, 6.07) is 19.0. The first-order chi connectivity index (χ1) is 16.3. The van der Waals surface area contributed by atoms with E-state index in [1.54, 1.807) is 12.1 Å². The van der Waals surface area contributed by atoms with Crippen LogP contribution in [0, 0.1) is 5.92 Å². The van der Waals surface area contributed by atoms with Gasteiger partial charge < -0.3 is 15.8 Å². The standard InChI is InChI=1S/C26H36N3O4P.ClH/c1-21(2)19-26(33-3,25(31)28-23-14-8-5-9-15-23)29(20-34(32)18-17-27)24(30)16-10-13-22-11-6-4-7-12-22;/h4-9,11-12,14-15,21H,10,13,16-20,27H2,1-3H3;1H/p+1/t26-;/m1./s1. The van der Waals surface area contributed by atoms with Gasteiger partial charge in [-0.05, 0) is 36.5 Å². The largest absolute Gasteiger partial charge is 0.361 e. The van der Waals surface area contributed by atoms with E-state index in [1.807, 2.05) is 62.4 Å². The molecule has 2 aromatic rings. The van der Waals surface area contributed by atoms with Gasteiger partial charge in [-0.15, -0.1) is 12.4 Å². The molecule has 0 saturated heterocycles. The monoisotopic (exact) mass is 522 g/mol. The Bertz CT molecular complexity index is 931. The zero-order valence-electron chi connectivity index (χ0n) is 20.8. The fourth-order valence-electron chi connectivity index (χ4n) is 3.91. The smallest absolute Gasteiger partial charge is 0.350 e. The Morgan fingerprint density at radius 1 is 1.09 bits per heavy atom. The molecule has 0 bridgehead atoms. The molecule has 0 heterocycles. The van der Waals surface area contributed by atoms with Crippen molar-refractivity contribution in [2.24, 2.45) is 11.7 Å². The van der Waals surface area contributed by atoms with Gasteiger partial charge in [0.15, 0.2) is 6.16 Å². The minimum Gasteiger partial charge on any atom is -0.350 e. The first kappa shape index (κ1) is 30.7. The molecule has 192 valence electrons. The topological polar surface area (TPSA) is 102 Å². The molecule has 0 aromatic heterocycles. The van der Waals surface area contributed by atoms with Crippen LogP contribution in [0.1, 0.15) is 38.7 Å². The highest BCUT2D eigenvalue weighted by atomic mass is 35.5. The van der Waals surface area contributed by atoms with Gasteiger partial charge in [0.25, 0.3) is 5.91 Å². The number of aryl methyl sites for hydroxylation is 1. The number of para-hydroxylation sites is 1. The van der Waals surface area contributed by atoms with Crippen LogP contribution in [0.15, 0.2) is 60.7 Å². The van der Waals surface area contributed by atoms with Crippen LogP contribution < -0.4 is 11.1 Å². The summed E-state index contributed by atoms with van der Waals surface area (Å²) in [6.45, 7) is 4.16. The average Bonchev–Trinajstić information content (AvgIpc) is 2.82. The van der Waals surface area contributed by atoms with Gasteiger partial charge in [-0.2, -0.15) is 0 Å². The number of nitrogens with zero attached hydrogens (tertiary/aromatic N) is 1. The first-order valence-corrected chi connectivity index (χ1v) is 13.3. The lowest BCUT2D eigenvalue weighted by atomic mass is 9.96. The Morgan fingerprint density at radius 3 is 2.23 bits per heavy atom. The van der Waals surface area contributed by atoms with E-state index in [2.05, 4.69) is 5.32 Å². The molecule has 2 rings (SSSR count). The van der Waals surface area contributed by atoms with E-state index >= 15 is 0 Å². The second-order valence-electron chi connectivity index (χ2n) is 8.70. The maximum absolute atomic E-state index is 13.6. The van der Waals surface area contributed by atoms with Crippen molar-refractivity contribution in [3.63, 3.8) is 0 Å². The van der Waals surface area contributed by atoms with Crippen LogP contribution >= 0.6 is 20.2 Å². The zero-order valence-corrected chi connectivity index (χ0v) is 22.5. The Hall–Kier alpha value is -2.31. The summed E-state index contributed by atoms with van der Waals surface area (Å²) in [6.07, 6.45) is 2.00. The van der Waals surface area contributed by atoms with Crippen LogP contribution in [-0.4, -0.2) is 48.5 Å². The van der Waals surface area contributed by atoms with E-state index in [1.165, 1.54) is 12.0 Å². The number of halogens is 1. The Morgan fingerprint density at radius 2 is 1.69 bits per heavy atom. The lowest BCUT2D eigenvalue weighted by Crippen LogP contribution is -2.61. The summed E-state index contributed by atoms with van der Waals surface area (Å²) in [5.41, 5.74) is 5.76. The molecule has 0 radical (unpaired) electrons. The average molecular weight is 523 g/mol. The molecule has 7 nitrogen and oxygen atoms in total. The van der Waals surface area contributed by atoms with Crippen molar-refractivity contribution in [2.45, 2.75) is 45.3 Å². The summed E-state index contributed by atoms with van der Waals surface area (Å²) >= 11 is 0. The number of anilines is 1. The first-order valence-electron chi connectivity index (χ1n) is 11.7. The zero-order chi connectivity index (χ0) is 25.0. The van der Waals surface area contributed by atoms with Crippen molar-refractivity contribution in [3.05, 3.63) is 66.2 Å². The van der Waals surface area contributed by atoms with Crippen LogP contribution in [0.4, 0.5) is 5.69 Å². The predicted molar refractivity (Wildman–Crippen MR) is 144 cm³/mol. The number of ether oxygens (including phenoxy) is 1. The highest BCUT2D eigenvalue weighted by Crippen LogP contribution is 2.33. The van der Waals surface area contributed by atoms with Crippen molar-refractivity contribution in [2.75, 3.05) is 31.4 Å². The van der Waals surface area contributed by atoms with Crippen molar-refractivity contribution < 1.29 is 18.9 Å². The number of amides is 2. The molecular weight excluding hydrogens is 485 g/mol. The Balaban J connectivity index is 0.00000612. The number of carbonyl (C=O) groups is 2. The molecule has 0 aliphatic carbocycles. The molecule has 0 aliphatic heterocycles. The van der Waals surface area contributed by atoms with E-state index in [4.69, 9.17) is 10.5 Å². The van der Waals surface area contributed by atoms with Crippen molar-refractivity contribution >= 4 is 37.7 Å². The van der Waals surface area contributed by atoms with Crippen LogP contribution in [0.2, 0.25) is 0 Å². The van der Waals surface area contributed by atoms with Gasteiger partial charge >= 0.3 is 7.80 Å². The van der Waals surface area contributed by atoms with Crippen LogP contribution in [-0.2, 0) is 25.3 Å². The number of rotatable bonds is 14. The minimum absolute atomic E-state index is 0. The number of hydrogen-bond donors (Lipinski definition) is 2. The van der Waals surface area contributed by atoms with Gasteiger partial charge in [-0.3, -0.25) is 14.5 Å². The van der Waals surface area contributed by atoms with Crippen molar-refractivity contribution in [1.82, 2.24) is 4.90 Å². The van der Waals surface area contributed by atoms with Crippen molar-refractivity contribution in [1.29, 1.82) is 0 Å². The summed E-state index contributed by atoms with van der Waals surface area (Å²) in [5, 5.41) is 2.88. The fraction of sp³-hybridized carbons (Fsp3) is 0.462. The second kappa shape index (κ2) is 15.6. The summed E-state index contributed by atoms with van der Waals surface area (Å²) < 4.78 is 18.6. The van der Waals surface area contributed by atoms with Gasteiger partial charge in [0, 0.05) is 32.2 Å². The Kier molecular flexibility index (Phi) is 13.7. The Labute approximate surface area is 216 Å². The predicted octanol–water partition coefficient (Wildman–Crippen LogP) is 5.03. The summed E-state index contributed by atoms with van der Waals surface area (Å²) in [7, 11) is -0.396. The molecule has 9 heteroatoms. The third-order valence-electron chi connectivity index (χ3n) is 5.52. The minimum atomic E-state index is -1.82. The van der Waals surface area contributed by atoms with E-state index in [-0.39, 0.29) is 56.1 Å². The summed E-state index contributed by atoms with van der Waals surface area (Å²) in [4.78, 5) is 28.5. The van der Waals surface area contributed by atoms with E-state index in [0.29, 0.717) is 12.1 Å². The third kappa shape index (κ3) is 9.34. The number of carbonyl (C=O) groups excluding carboxylic acids is 2. The van der Waals surface area contributed by atoms with Crippen molar-refractivity contribution in [3.8, 4) is 0 Å². The number of nitrogens with one attached hydrogen (secondary N) is 1.